The molecular formula is C18H12Cl2F2N2O3. The molecule has 9 heteroatoms. The monoisotopic (exact) mass is 412 g/mol. The molecule has 0 bridgehead atoms. The molecule has 5 nitrogen and oxygen atoms in total. The molecule has 3 N–H and O–H groups in total. The van der Waals surface area contributed by atoms with Gasteiger partial charge in [0.05, 0.1) is 5.02 Å². The van der Waals surface area contributed by atoms with Crippen LogP contribution < -0.4 is 5.32 Å². The number of nitrogens with one attached hydrogen (secondary N) is 2. The number of amides is 1. The number of carboxylic acids is 1. The van der Waals surface area contributed by atoms with Crippen LogP contribution in [-0.2, 0) is 4.79 Å². The topological polar surface area (TPSA) is 82.2 Å². The molecule has 0 aliphatic heterocycles. The van der Waals surface area contributed by atoms with E-state index in [4.69, 9.17) is 23.2 Å². The van der Waals surface area contributed by atoms with Crippen LogP contribution in [0.3, 0.4) is 0 Å². The largest absolute Gasteiger partial charge is 0.479 e. The first-order valence-electron chi connectivity index (χ1n) is 7.65. The van der Waals surface area contributed by atoms with Crippen molar-refractivity contribution in [3.8, 4) is 0 Å². The molecule has 0 radical (unpaired) electrons. The van der Waals surface area contributed by atoms with Gasteiger partial charge in [-0.25, -0.2) is 13.6 Å². The highest BCUT2D eigenvalue weighted by Crippen LogP contribution is 2.32. The van der Waals surface area contributed by atoms with Gasteiger partial charge in [0.25, 0.3) is 5.91 Å². The van der Waals surface area contributed by atoms with E-state index in [1.165, 1.54) is 6.07 Å². The summed E-state index contributed by atoms with van der Waals surface area (Å²) in [5.41, 5.74) is 0.495. The Kier molecular flexibility index (Phi) is 5.08. The molecule has 2 aromatic carbocycles. The molecule has 1 atom stereocenters. The zero-order valence-corrected chi connectivity index (χ0v) is 15.3. The van der Waals surface area contributed by atoms with Gasteiger partial charge in [0, 0.05) is 21.5 Å². The molecule has 0 aliphatic carbocycles. The molecule has 1 amide bonds. The van der Waals surface area contributed by atoms with Crippen LogP contribution in [0.2, 0.25) is 10.0 Å². The van der Waals surface area contributed by atoms with E-state index in [0.717, 1.165) is 18.2 Å². The SMILES string of the molecule is Cc1c(C(=O)NC(C(=O)O)c2cc(F)ccc2F)[nH]c2cc(Cl)cc(Cl)c12. The summed E-state index contributed by atoms with van der Waals surface area (Å²) in [5, 5.41) is 12.8. The summed E-state index contributed by atoms with van der Waals surface area (Å²) < 4.78 is 27.4. The summed E-state index contributed by atoms with van der Waals surface area (Å²) >= 11 is 12.1. The fourth-order valence-electron chi connectivity index (χ4n) is 2.85. The van der Waals surface area contributed by atoms with Crippen molar-refractivity contribution in [1.82, 2.24) is 10.3 Å². The van der Waals surface area contributed by atoms with Crippen LogP contribution in [0, 0.1) is 18.6 Å². The maximum absolute atomic E-state index is 14.0. The van der Waals surface area contributed by atoms with Gasteiger partial charge in [-0.1, -0.05) is 23.2 Å². The van der Waals surface area contributed by atoms with Crippen molar-refractivity contribution in [3.63, 3.8) is 0 Å². The van der Waals surface area contributed by atoms with E-state index in [-0.39, 0.29) is 5.69 Å². The second-order valence-electron chi connectivity index (χ2n) is 5.85. The molecule has 0 saturated heterocycles. The lowest BCUT2D eigenvalue weighted by molar-refractivity contribution is -0.139. The summed E-state index contributed by atoms with van der Waals surface area (Å²) in [5.74, 6) is -4.13. The summed E-state index contributed by atoms with van der Waals surface area (Å²) in [7, 11) is 0. The third-order valence-electron chi connectivity index (χ3n) is 4.08. The van der Waals surface area contributed by atoms with Crippen molar-refractivity contribution in [3.05, 3.63) is 68.8 Å². The zero-order chi connectivity index (χ0) is 19.9. The third-order valence-corrected chi connectivity index (χ3v) is 4.60. The molecule has 27 heavy (non-hydrogen) atoms. The van der Waals surface area contributed by atoms with E-state index in [9.17, 15) is 23.5 Å². The molecule has 0 spiro atoms. The Labute approximate surface area is 161 Å². The lowest BCUT2D eigenvalue weighted by Gasteiger charge is -2.15. The molecule has 1 aromatic heterocycles. The normalized spacial score (nSPS) is 12.2. The number of carboxylic acid groups (broad SMARTS) is 1. The van der Waals surface area contributed by atoms with Crippen molar-refractivity contribution < 1.29 is 23.5 Å². The van der Waals surface area contributed by atoms with E-state index in [1.807, 2.05) is 0 Å². The van der Waals surface area contributed by atoms with E-state index >= 15 is 0 Å². The van der Waals surface area contributed by atoms with Crippen LogP contribution >= 0.6 is 23.2 Å². The van der Waals surface area contributed by atoms with Crippen molar-refractivity contribution in [1.29, 1.82) is 0 Å². The van der Waals surface area contributed by atoms with Gasteiger partial charge in [-0.3, -0.25) is 4.79 Å². The van der Waals surface area contributed by atoms with E-state index in [2.05, 4.69) is 10.3 Å². The van der Waals surface area contributed by atoms with Crippen LogP contribution in [-0.4, -0.2) is 22.0 Å². The Morgan fingerprint density at radius 2 is 1.89 bits per heavy atom. The highest BCUT2D eigenvalue weighted by Gasteiger charge is 2.28. The smallest absolute Gasteiger partial charge is 0.331 e. The Balaban J connectivity index is 2.01. The number of hydrogen-bond donors (Lipinski definition) is 3. The number of hydrogen-bond acceptors (Lipinski definition) is 2. The lowest BCUT2D eigenvalue weighted by atomic mass is 10.1. The van der Waals surface area contributed by atoms with Gasteiger partial charge in [0.2, 0.25) is 0 Å². The molecule has 0 saturated carbocycles. The lowest BCUT2D eigenvalue weighted by Crippen LogP contribution is -2.35. The third kappa shape index (κ3) is 3.61. The Bertz CT molecular complexity index is 1080. The standard InChI is InChI=1S/C18H12Cl2F2N2O3/c1-7-14-11(20)4-8(19)5-13(14)23-15(7)17(25)24-16(18(26)27)10-6-9(21)2-3-12(10)22/h2-6,16,23H,1H3,(H,24,25)(H,26,27). The van der Waals surface area contributed by atoms with Crippen LogP contribution in [0.5, 0.6) is 0 Å². The number of rotatable bonds is 4. The molecule has 0 aliphatic rings. The quantitative estimate of drug-likeness (QED) is 0.584. The first-order chi connectivity index (χ1) is 12.7. The number of benzene rings is 2. The molecule has 3 rings (SSSR count). The van der Waals surface area contributed by atoms with Gasteiger partial charge in [-0.05, 0) is 42.8 Å². The highest BCUT2D eigenvalue weighted by atomic mass is 35.5. The summed E-state index contributed by atoms with van der Waals surface area (Å²) in [6, 6.07) is 3.67. The Morgan fingerprint density at radius 3 is 2.56 bits per heavy atom. The number of carbonyl (C=O) groups is 2. The fraction of sp³-hybridized carbons (Fsp3) is 0.111. The second-order valence-corrected chi connectivity index (χ2v) is 6.69. The maximum Gasteiger partial charge on any atom is 0.331 e. The number of fused-ring (bicyclic) bond motifs is 1. The zero-order valence-electron chi connectivity index (χ0n) is 13.7. The number of halogens is 4. The number of aryl methyl sites for hydroxylation is 1. The Hall–Kier alpha value is -2.64. The summed E-state index contributed by atoms with van der Waals surface area (Å²) in [6.45, 7) is 1.62. The van der Waals surface area contributed by atoms with E-state index in [0.29, 0.717) is 26.5 Å². The number of carbonyl (C=O) groups excluding carboxylic acids is 1. The summed E-state index contributed by atoms with van der Waals surface area (Å²) in [6.07, 6.45) is 0. The minimum atomic E-state index is -1.78. The van der Waals surface area contributed by atoms with Gasteiger partial charge >= 0.3 is 5.97 Å². The molecular weight excluding hydrogens is 401 g/mol. The molecule has 140 valence electrons. The predicted octanol–water partition coefficient (Wildman–Crippen LogP) is 4.62. The van der Waals surface area contributed by atoms with Crippen LogP contribution in [0.1, 0.15) is 27.7 Å². The van der Waals surface area contributed by atoms with Crippen LogP contribution in [0.25, 0.3) is 10.9 Å². The fourth-order valence-corrected chi connectivity index (χ4v) is 3.48. The van der Waals surface area contributed by atoms with Gasteiger partial charge in [-0.15, -0.1) is 0 Å². The maximum atomic E-state index is 14.0. The second kappa shape index (κ2) is 7.17. The van der Waals surface area contributed by atoms with Crippen LogP contribution in [0.15, 0.2) is 30.3 Å². The Morgan fingerprint density at radius 1 is 1.19 bits per heavy atom. The molecule has 3 aromatic rings. The van der Waals surface area contributed by atoms with E-state index < -0.39 is 35.1 Å². The van der Waals surface area contributed by atoms with Crippen molar-refractivity contribution in [2.75, 3.05) is 0 Å². The molecule has 1 heterocycles. The molecule has 0 fully saturated rings. The number of H-pyrrole nitrogens is 1. The molecule has 1 unspecified atom stereocenters. The van der Waals surface area contributed by atoms with Crippen molar-refractivity contribution >= 4 is 46.0 Å². The minimum Gasteiger partial charge on any atom is -0.479 e. The number of aliphatic carboxylic acids is 1. The van der Waals surface area contributed by atoms with Gasteiger partial charge < -0.3 is 15.4 Å². The average molecular weight is 413 g/mol. The first kappa shape index (κ1) is 19.1. The average Bonchev–Trinajstić information content (AvgIpc) is 2.91. The minimum absolute atomic E-state index is 0.0391. The van der Waals surface area contributed by atoms with Crippen molar-refractivity contribution in [2.45, 2.75) is 13.0 Å². The highest BCUT2D eigenvalue weighted by molar-refractivity contribution is 6.39. The summed E-state index contributed by atoms with van der Waals surface area (Å²) in [4.78, 5) is 27.0. The van der Waals surface area contributed by atoms with Crippen LogP contribution in [0.4, 0.5) is 8.78 Å². The number of aromatic amines is 1. The van der Waals surface area contributed by atoms with Crippen molar-refractivity contribution in [2.24, 2.45) is 0 Å². The first-order valence-corrected chi connectivity index (χ1v) is 8.40. The van der Waals surface area contributed by atoms with Gasteiger partial charge in [0.1, 0.15) is 17.3 Å². The predicted molar refractivity (Wildman–Crippen MR) is 97.3 cm³/mol. The van der Waals surface area contributed by atoms with Gasteiger partial charge in [-0.2, -0.15) is 0 Å². The van der Waals surface area contributed by atoms with E-state index in [1.54, 1.807) is 13.0 Å². The number of aromatic nitrogens is 1. The van der Waals surface area contributed by atoms with Gasteiger partial charge in [0.15, 0.2) is 6.04 Å².